The van der Waals surface area contributed by atoms with E-state index in [1.807, 2.05) is 25.1 Å². The number of hydrogen-bond acceptors (Lipinski definition) is 5. The predicted molar refractivity (Wildman–Crippen MR) is 80.7 cm³/mol. The minimum atomic E-state index is -0.381. The summed E-state index contributed by atoms with van der Waals surface area (Å²) in [6, 6.07) is 9.08. The summed E-state index contributed by atoms with van der Waals surface area (Å²) in [6.45, 7) is 1.95. The number of methoxy groups -OCH3 is 1. The van der Waals surface area contributed by atoms with E-state index in [4.69, 9.17) is 4.74 Å². The normalized spacial score (nSPS) is 10.5. The zero-order valence-electron chi connectivity index (χ0n) is 12.2. The van der Waals surface area contributed by atoms with Gasteiger partial charge in [0, 0.05) is 18.0 Å². The molecular formula is C16H14N4O2. The second-order valence-corrected chi connectivity index (χ2v) is 4.78. The van der Waals surface area contributed by atoms with Crippen molar-refractivity contribution < 1.29 is 9.53 Å². The van der Waals surface area contributed by atoms with E-state index in [0.717, 1.165) is 22.5 Å². The highest BCUT2D eigenvalue weighted by atomic mass is 16.5. The molecule has 2 aromatic heterocycles. The summed E-state index contributed by atoms with van der Waals surface area (Å²) in [7, 11) is 1.36. The van der Waals surface area contributed by atoms with E-state index in [9.17, 15) is 4.79 Å². The summed E-state index contributed by atoms with van der Waals surface area (Å²) >= 11 is 0. The maximum Gasteiger partial charge on any atom is 0.337 e. The number of carbonyl (C=O) groups is 1. The van der Waals surface area contributed by atoms with Crippen LogP contribution in [0.25, 0.3) is 16.9 Å². The SMILES string of the molecule is COC(=O)c1ccc(C)c(-n2cc(-c3cccnc3)nn2)c1. The molecule has 110 valence electrons. The molecule has 0 aliphatic carbocycles. The van der Waals surface area contributed by atoms with Gasteiger partial charge in [-0.2, -0.15) is 0 Å². The number of ether oxygens (including phenoxy) is 1. The molecule has 0 atom stereocenters. The number of aryl methyl sites for hydroxylation is 1. The van der Waals surface area contributed by atoms with Crippen molar-refractivity contribution in [1.82, 2.24) is 20.0 Å². The fourth-order valence-corrected chi connectivity index (χ4v) is 2.13. The number of pyridine rings is 1. The van der Waals surface area contributed by atoms with Gasteiger partial charge in [-0.15, -0.1) is 5.10 Å². The molecule has 0 saturated heterocycles. The van der Waals surface area contributed by atoms with Crippen LogP contribution in [0.5, 0.6) is 0 Å². The Morgan fingerprint density at radius 2 is 2.14 bits per heavy atom. The Kier molecular flexibility index (Phi) is 3.65. The van der Waals surface area contributed by atoms with Crippen molar-refractivity contribution in [2.24, 2.45) is 0 Å². The molecule has 0 aliphatic heterocycles. The van der Waals surface area contributed by atoms with Crippen molar-refractivity contribution in [2.45, 2.75) is 6.92 Å². The smallest absolute Gasteiger partial charge is 0.337 e. The molecule has 0 amide bonds. The molecule has 0 spiro atoms. The molecule has 0 fully saturated rings. The van der Waals surface area contributed by atoms with Gasteiger partial charge in [0.1, 0.15) is 5.69 Å². The largest absolute Gasteiger partial charge is 0.465 e. The molecule has 0 radical (unpaired) electrons. The number of nitrogens with zero attached hydrogens (tertiary/aromatic N) is 4. The van der Waals surface area contributed by atoms with Gasteiger partial charge in [-0.05, 0) is 36.8 Å². The van der Waals surface area contributed by atoms with Crippen LogP contribution < -0.4 is 0 Å². The molecule has 0 bridgehead atoms. The first kappa shape index (κ1) is 13.9. The monoisotopic (exact) mass is 294 g/mol. The molecule has 0 unspecified atom stereocenters. The summed E-state index contributed by atoms with van der Waals surface area (Å²) in [5.74, 6) is -0.381. The van der Waals surface area contributed by atoms with Gasteiger partial charge in [0.15, 0.2) is 0 Å². The fraction of sp³-hybridized carbons (Fsp3) is 0.125. The van der Waals surface area contributed by atoms with E-state index in [-0.39, 0.29) is 5.97 Å². The first-order valence-electron chi connectivity index (χ1n) is 6.71. The molecule has 0 N–H and O–H groups in total. The average molecular weight is 294 g/mol. The highest BCUT2D eigenvalue weighted by molar-refractivity contribution is 5.90. The lowest BCUT2D eigenvalue weighted by Gasteiger charge is -2.07. The minimum Gasteiger partial charge on any atom is -0.465 e. The van der Waals surface area contributed by atoms with E-state index in [2.05, 4.69) is 15.3 Å². The molecule has 2 heterocycles. The second kappa shape index (κ2) is 5.77. The molecule has 3 aromatic rings. The topological polar surface area (TPSA) is 69.9 Å². The summed E-state index contributed by atoms with van der Waals surface area (Å²) in [5, 5.41) is 8.29. The second-order valence-electron chi connectivity index (χ2n) is 4.78. The van der Waals surface area contributed by atoms with Crippen LogP contribution in [0.15, 0.2) is 48.9 Å². The zero-order valence-corrected chi connectivity index (χ0v) is 12.2. The number of carbonyl (C=O) groups excluding carboxylic acids is 1. The van der Waals surface area contributed by atoms with Crippen LogP contribution in [-0.4, -0.2) is 33.1 Å². The maximum atomic E-state index is 11.7. The van der Waals surface area contributed by atoms with E-state index in [1.54, 1.807) is 35.4 Å². The van der Waals surface area contributed by atoms with E-state index < -0.39 is 0 Å². The quantitative estimate of drug-likeness (QED) is 0.694. The van der Waals surface area contributed by atoms with Crippen molar-refractivity contribution in [2.75, 3.05) is 7.11 Å². The lowest BCUT2D eigenvalue weighted by atomic mass is 10.1. The van der Waals surface area contributed by atoms with Gasteiger partial charge in [-0.25, -0.2) is 9.48 Å². The van der Waals surface area contributed by atoms with Gasteiger partial charge in [0.2, 0.25) is 0 Å². The number of esters is 1. The van der Waals surface area contributed by atoms with Crippen molar-refractivity contribution in [3.63, 3.8) is 0 Å². The van der Waals surface area contributed by atoms with E-state index in [1.165, 1.54) is 7.11 Å². The Bertz CT molecular complexity index is 812. The number of rotatable bonds is 3. The van der Waals surface area contributed by atoms with Crippen molar-refractivity contribution >= 4 is 5.97 Å². The van der Waals surface area contributed by atoms with Gasteiger partial charge in [-0.3, -0.25) is 4.98 Å². The first-order chi connectivity index (χ1) is 10.7. The number of benzene rings is 1. The molecule has 0 saturated carbocycles. The fourth-order valence-electron chi connectivity index (χ4n) is 2.13. The van der Waals surface area contributed by atoms with Crippen molar-refractivity contribution in [1.29, 1.82) is 0 Å². The Labute approximate surface area is 127 Å². The number of aromatic nitrogens is 4. The van der Waals surface area contributed by atoms with Gasteiger partial charge < -0.3 is 4.74 Å². The molecule has 1 aromatic carbocycles. The standard InChI is InChI=1S/C16H14N4O2/c1-11-5-6-12(16(21)22-2)8-15(11)20-10-14(18-19-20)13-4-3-7-17-9-13/h3-10H,1-2H3. The maximum absolute atomic E-state index is 11.7. The molecule has 22 heavy (non-hydrogen) atoms. The highest BCUT2D eigenvalue weighted by Gasteiger charge is 2.11. The summed E-state index contributed by atoms with van der Waals surface area (Å²) in [4.78, 5) is 15.7. The molecule has 3 rings (SSSR count). The molecule has 6 nitrogen and oxygen atoms in total. The first-order valence-corrected chi connectivity index (χ1v) is 6.71. The van der Waals surface area contributed by atoms with E-state index in [0.29, 0.717) is 5.56 Å². The predicted octanol–water partition coefficient (Wildman–Crippen LogP) is 2.42. The zero-order chi connectivity index (χ0) is 15.5. The van der Waals surface area contributed by atoms with Crippen LogP contribution in [0.3, 0.4) is 0 Å². The Morgan fingerprint density at radius 3 is 2.86 bits per heavy atom. The Hall–Kier alpha value is -3.02. The van der Waals surface area contributed by atoms with Crippen LogP contribution in [0.1, 0.15) is 15.9 Å². The highest BCUT2D eigenvalue weighted by Crippen LogP contribution is 2.19. The molecule has 6 heteroatoms. The summed E-state index contributed by atoms with van der Waals surface area (Å²) in [5.41, 5.74) is 3.84. The third-order valence-electron chi connectivity index (χ3n) is 3.33. The average Bonchev–Trinajstić information content (AvgIpc) is 3.05. The van der Waals surface area contributed by atoms with Crippen molar-refractivity contribution in [3.05, 3.63) is 60.0 Å². The van der Waals surface area contributed by atoms with Crippen LogP contribution in [0.2, 0.25) is 0 Å². The Morgan fingerprint density at radius 1 is 1.27 bits per heavy atom. The number of hydrogen-bond donors (Lipinski definition) is 0. The van der Waals surface area contributed by atoms with Crippen LogP contribution in [0.4, 0.5) is 0 Å². The van der Waals surface area contributed by atoms with Crippen LogP contribution >= 0.6 is 0 Å². The lowest BCUT2D eigenvalue weighted by molar-refractivity contribution is 0.0600. The van der Waals surface area contributed by atoms with Gasteiger partial charge in [-0.1, -0.05) is 11.3 Å². The molecular weight excluding hydrogens is 280 g/mol. The van der Waals surface area contributed by atoms with Gasteiger partial charge in [0.25, 0.3) is 0 Å². The van der Waals surface area contributed by atoms with Gasteiger partial charge >= 0.3 is 5.97 Å². The summed E-state index contributed by atoms with van der Waals surface area (Å²) in [6.07, 6.45) is 5.24. The van der Waals surface area contributed by atoms with Gasteiger partial charge in [0.05, 0.1) is 24.6 Å². The third-order valence-corrected chi connectivity index (χ3v) is 3.33. The van der Waals surface area contributed by atoms with Crippen LogP contribution in [0, 0.1) is 6.92 Å². The molecule has 0 aliphatic rings. The minimum absolute atomic E-state index is 0.381. The summed E-state index contributed by atoms with van der Waals surface area (Å²) < 4.78 is 6.39. The Balaban J connectivity index is 2.01. The van der Waals surface area contributed by atoms with Crippen molar-refractivity contribution in [3.8, 4) is 16.9 Å². The lowest BCUT2D eigenvalue weighted by Crippen LogP contribution is -2.05. The third kappa shape index (κ3) is 2.58. The van der Waals surface area contributed by atoms with Crippen LogP contribution in [-0.2, 0) is 4.74 Å². The van der Waals surface area contributed by atoms with E-state index >= 15 is 0 Å².